The van der Waals surface area contributed by atoms with Crippen LogP contribution >= 0.6 is 23.2 Å². The van der Waals surface area contributed by atoms with Crippen molar-refractivity contribution in [2.75, 3.05) is 0 Å². The van der Waals surface area contributed by atoms with Crippen LogP contribution in [-0.2, 0) is 5.88 Å². The second-order valence-electron chi connectivity index (χ2n) is 3.45. The van der Waals surface area contributed by atoms with E-state index in [1.165, 1.54) is 12.1 Å². The molecule has 0 aliphatic carbocycles. The van der Waals surface area contributed by atoms with E-state index in [0.29, 0.717) is 10.9 Å². The van der Waals surface area contributed by atoms with Crippen LogP contribution in [0.5, 0.6) is 0 Å². The second-order valence-corrected chi connectivity index (χ2v) is 4.13. The predicted octanol–water partition coefficient (Wildman–Crippen LogP) is 4.88. The molecule has 2 aromatic carbocycles. The van der Waals surface area contributed by atoms with Gasteiger partial charge in [0.2, 0.25) is 0 Å². The zero-order valence-electron chi connectivity index (χ0n) is 8.38. The van der Waals surface area contributed by atoms with E-state index in [9.17, 15) is 4.39 Å². The zero-order valence-corrected chi connectivity index (χ0v) is 9.89. The van der Waals surface area contributed by atoms with Crippen LogP contribution in [0.3, 0.4) is 0 Å². The largest absolute Gasteiger partial charge is 0.207 e. The van der Waals surface area contributed by atoms with Crippen LogP contribution in [-0.4, -0.2) is 0 Å². The Kier molecular flexibility index (Phi) is 3.47. The van der Waals surface area contributed by atoms with Gasteiger partial charge in [-0.25, -0.2) is 4.39 Å². The van der Waals surface area contributed by atoms with Gasteiger partial charge in [0.15, 0.2) is 0 Å². The molecular formula is C13H9Cl2F. The van der Waals surface area contributed by atoms with E-state index < -0.39 is 0 Å². The topological polar surface area (TPSA) is 0 Å². The molecular weight excluding hydrogens is 246 g/mol. The Hall–Kier alpha value is -1.05. The summed E-state index contributed by atoms with van der Waals surface area (Å²) in [4.78, 5) is 0. The molecule has 0 aliphatic rings. The summed E-state index contributed by atoms with van der Waals surface area (Å²) in [5, 5.41) is 0.639. The van der Waals surface area contributed by atoms with Gasteiger partial charge in [-0.15, -0.1) is 11.6 Å². The minimum Gasteiger partial charge on any atom is -0.207 e. The van der Waals surface area contributed by atoms with Crippen molar-refractivity contribution in [1.29, 1.82) is 0 Å². The number of hydrogen-bond acceptors (Lipinski definition) is 0. The van der Waals surface area contributed by atoms with Gasteiger partial charge in [0.1, 0.15) is 5.82 Å². The fraction of sp³-hybridized carbons (Fsp3) is 0.0769. The molecule has 0 N–H and O–H groups in total. The lowest BCUT2D eigenvalue weighted by molar-refractivity contribution is 0.628. The number of alkyl halides is 1. The average Bonchev–Trinajstić information content (AvgIpc) is 2.31. The third-order valence-corrected chi connectivity index (χ3v) is 2.98. The maximum atomic E-state index is 12.8. The zero-order chi connectivity index (χ0) is 11.5. The molecule has 0 amide bonds. The van der Waals surface area contributed by atoms with Gasteiger partial charge in [-0.2, -0.15) is 0 Å². The Labute approximate surface area is 104 Å². The highest BCUT2D eigenvalue weighted by Gasteiger charge is 2.04. The van der Waals surface area contributed by atoms with E-state index in [2.05, 4.69) is 0 Å². The van der Waals surface area contributed by atoms with E-state index in [1.807, 2.05) is 12.1 Å². The summed E-state index contributed by atoms with van der Waals surface area (Å²) < 4.78 is 12.8. The minimum absolute atomic E-state index is 0.256. The highest BCUT2D eigenvalue weighted by molar-refractivity contribution is 6.33. The van der Waals surface area contributed by atoms with Crippen LogP contribution in [0.1, 0.15) is 5.56 Å². The van der Waals surface area contributed by atoms with E-state index in [1.54, 1.807) is 18.2 Å². The van der Waals surface area contributed by atoms with Crippen molar-refractivity contribution in [2.24, 2.45) is 0 Å². The van der Waals surface area contributed by atoms with Gasteiger partial charge in [-0.1, -0.05) is 29.8 Å². The normalized spacial score (nSPS) is 10.4. The van der Waals surface area contributed by atoms with Gasteiger partial charge in [0, 0.05) is 16.5 Å². The number of benzene rings is 2. The van der Waals surface area contributed by atoms with Gasteiger partial charge in [-0.3, -0.25) is 0 Å². The Bertz CT molecular complexity index is 492. The van der Waals surface area contributed by atoms with Crippen molar-refractivity contribution in [3.8, 4) is 11.1 Å². The third kappa shape index (κ3) is 2.37. The molecule has 16 heavy (non-hydrogen) atoms. The molecule has 0 atom stereocenters. The molecule has 0 saturated heterocycles. The summed E-state index contributed by atoms with van der Waals surface area (Å²) in [6.45, 7) is 0. The monoisotopic (exact) mass is 254 g/mol. The summed E-state index contributed by atoms with van der Waals surface area (Å²) in [6.07, 6.45) is 0. The standard InChI is InChI=1S/C13H9Cl2F/c14-8-9-1-6-13(15)12(7-9)10-2-4-11(16)5-3-10/h1-7H,8H2. The minimum atomic E-state index is -0.256. The fourth-order valence-corrected chi connectivity index (χ4v) is 1.90. The quantitative estimate of drug-likeness (QED) is 0.670. The fourth-order valence-electron chi connectivity index (χ4n) is 1.51. The van der Waals surface area contributed by atoms with Gasteiger partial charge in [-0.05, 0) is 35.4 Å². The first-order valence-electron chi connectivity index (χ1n) is 4.81. The summed E-state index contributed by atoms with van der Waals surface area (Å²) in [7, 11) is 0. The lowest BCUT2D eigenvalue weighted by atomic mass is 10.0. The van der Waals surface area contributed by atoms with Crippen molar-refractivity contribution in [3.05, 3.63) is 58.9 Å². The molecule has 82 valence electrons. The first kappa shape index (κ1) is 11.4. The number of rotatable bonds is 2. The van der Waals surface area contributed by atoms with Crippen LogP contribution in [0.4, 0.5) is 4.39 Å². The van der Waals surface area contributed by atoms with E-state index in [4.69, 9.17) is 23.2 Å². The van der Waals surface area contributed by atoms with Crippen molar-refractivity contribution in [1.82, 2.24) is 0 Å². The van der Waals surface area contributed by atoms with Crippen molar-refractivity contribution in [2.45, 2.75) is 5.88 Å². The summed E-state index contributed by atoms with van der Waals surface area (Å²) >= 11 is 11.9. The van der Waals surface area contributed by atoms with Crippen LogP contribution in [0, 0.1) is 5.82 Å². The molecule has 0 radical (unpaired) electrons. The lowest BCUT2D eigenvalue weighted by Gasteiger charge is -2.06. The Morgan fingerprint density at radius 3 is 2.31 bits per heavy atom. The maximum Gasteiger partial charge on any atom is 0.123 e. The van der Waals surface area contributed by atoms with Crippen LogP contribution in [0.2, 0.25) is 5.02 Å². The molecule has 0 fully saturated rings. The van der Waals surface area contributed by atoms with Gasteiger partial charge < -0.3 is 0 Å². The van der Waals surface area contributed by atoms with Gasteiger partial charge in [0.25, 0.3) is 0 Å². The van der Waals surface area contributed by atoms with E-state index in [0.717, 1.165) is 16.7 Å². The molecule has 0 nitrogen and oxygen atoms in total. The highest BCUT2D eigenvalue weighted by Crippen LogP contribution is 2.29. The van der Waals surface area contributed by atoms with E-state index in [-0.39, 0.29) is 5.82 Å². The van der Waals surface area contributed by atoms with E-state index >= 15 is 0 Å². The molecule has 0 spiro atoms. The molecule has 0 heterocycles. The third-order valence-electron chi connectivity index (χ3n) is 2.34. The molecule has 0 aromatic heterocycles. The van der Waals surface area contributed by atoms with Crippen molar-refractivity contribution < 1.29 is 4.39 Å². The molecule has 3 heteroatoms. The second kappa shape index (κ2) is 4.86. The molecule has 0 unspecified atom stereocenters. The SMILES string of the molecule is Fc1ccc(-c2cc(CCl)ccc2Cl)cc1. The molecule has 2 aromatic rings. The van der Waals surface area contributed by atoms with Crippen LogP contribution < -0.4 is 0 Å². The van der Waals surface area contributed by atoms with Crippen molar-refractivity contribution in [3.63, 3.8) is 0 Å². The average molecular weight is 255 g/mol. The van der Waals surface area contributed by atoms with Crippen LogP contribution in [0.15, 0.2) is 42.5 Å². The summed E-state index contributed by atoms with van der Waals surface area (Å²) in [5.74, 6) is 0.180. The molecule has 2 rings (SSSR count). The van der Waals surface area contributed by atoms with Gasteiger partial charge in [0.05, 0.1) is 0 Å². The Balaban J connectivity index is 2.50. The predicted molar refractivity (Wildman–Crippen MR) is 66.4 cm³/mol. The first-order chi connectivity index (χ1) is 7.70. The lowest BCUT2D eigenvalue weighted by Crippen LogP contribution is -1.84. The van der Waals surface area contributed by atoms with Crippen LogP contribution in [0.25, 0.3) is 11.1 Å². The maximum absolute atomic E-state index is 12.8. The van der Waals surface area contributed by atoms with Crippen molar-refractivity contribution >= 4 is 23.2 Å². The molecule has 0 aliphatic heterocycles. The molecule has 0 bridgehead atoms. The summed E-state index contributed by atoms with van der Waals surface area (Å²) in [5.41, 5.74) is 2.75. The number of halogens is 3. The van der Waals surface area contributed by atoms with Gasteiger partial charge >= 0.3 is 0 Å². The Morgan fingerprint density at radius 1 is 1.00 bits per heavy atom. The summed E-state index contributed by atoms with van der Waals surface area (Å²) in [6, 6.07) is 11.8. The first-order valence-corrected chi connectivity index (χ1v) is 5.72. The number of hydrogen-bond donors (Lipinski definition) is 0. The highest BCUT2D eigenvalue weighted by atomic mass is 35.5. The molecule has 0 saturated carbocycles. The smallest absolute Gasteiger partial charge is 0.123 e. The Morgan fingerprint density at radius 2 is 1.69 bits per heavy atom.